The lowest BCUT2D eigenvalue weighted by Crippen LogP contribution is -2.11. The summed E-state index contributed by atoms with van der Waals surface area (Å²) in [6.45, 7) is 3.54. The van der Waals surface area contributed by atoms with Crippen LogP contribution in [-0.2, 0) is 12.7 Å². The van der Waals surface area contributed by atoms with E-state index in [0.717, 1.165) is 24.2 Å². The minimum atomic E-state index is -4.37. The van der Waals surface area contributed by atoms with Gasteiger partial charge in [-0.05, 0) is 42.4 Å². The van der Waals surface area contributed by atoms with Crippen LogP contribution in [0.5, 0.6) is 11.5 Å². The molecule has 0 saturated heterocycles. The summed E-state index contributed by atoms with van der Waals surface area (Å²) in [4.78, 5) is 0. The van der Waals surface area contributed by atoms with Crippen molar-refractivity contribution in [2.24, 2.45) is 0 Å². The lowest BCUT2D eigenvalue weighted by Gasteiger charge is -2.11. The molecular weight excluding hydrogens is 279 g/mol. The van der Waals surface area contributed by atoms with Gasteiger partial charge < -0.3 is 10.1 Å². The second-order valence-corrected chi connectivity index (χ2v) is 4.56. The van der Waals surface area contributed by atoms with Crippen LogP contribution in [0.15, 0.2) is 48.5 Å². The average Bonchev–Trinajstić information content (AvgIpc) is 2.45. The molecule has 5 heteroatoms. The maximum absolute atomic E-state index is 12.6. The Bertz CT molecular complexity index is 596. The molecule has 1 N–H and O–H groups in total. The first-order valence-electron chi connectivity index (χ1n) is 6.64. The molecule has 0 aliphatic rings. The van der Waals surface area contributed by atoms with Gasteiger partial charge in [-0.25, -0.2) is 0 Å². The molecule has 0 spiro atoms. The highest BCUT2D eigenvalue weighted by molar-refractivity contribution is 5.36. The standard InChI is InChI=1S/C16H16F3NO/c1-2-20-11-12-5-3-7-14(9-12)21-15-8-4-6-13(10-15)16(17,18)19/h3-10,20H,2,11H2,1H3. The van der Waals surface area contributed by atoms with Crippen LogP contribution in [0.25, 0.3) is 0 Å². The lowest BCUT2D eigenvalue weighted by molar-refractivity contribution is -0.137. The molecule has 0 amide bonds. The quantitative estimate of drug-likeness (QED) is 0.870. The third-order valence-electron chi connectivity index (χ3n) is 2.87. The lowest BCUT2D eigenvalue weighted by atomic mass is 10.2. The zero-order valence-electron chi connectivity index (χ0n) is 11.6. The van der Waals surface area contributed by atoms with Crippen molar-refractivity contribution in [2.45, 2.75) is 19.6 Å². The zero-order chi connectivity index (χ0) is 15.3. The van der Waals surface area contributed by atoms with Crippen LogP contribution in [0, 0.1) is 0 Å². The largest absolute Gasteiger partial charge is 0.457 e. The third kappa shape index (κ3) is 4.49. The van der Waals surface area contributed by atoms with Gasteiger partial charge >= 0.3 is 6.18 Å². The fourth-order valence-corrected chi connectivity index (χ4v) is 1.86. The van der Waals surface area contributed by atoms with Crippen molar-refractivity contribution < 1.29 is 17.9 Å². The molecule has 0 heterocycles. The van der Waals surface area contributed by atoms with E-state index >= 15 is 0 Å². The van der Waals surface area contributed by atoms with Crippen LogP contribution in [0.4, 0.5) is 13.2 Å². The summed E-state index contributed by atoms with van der Waals surface area (Å²) in [6, 6.07) is 12.1. The highest BCUT2D eigenvalue weighted by Gasteiger charge is 2.30. The van der Waals surface area contributed by atoms with Gasteiger partial charge in [0.2, 0.25) is 0 Å². The van der Waals surface area contributed by atoms with Crippen LogP contribution in [0.2, 0.25) is 0 Å². The number of halogens is 3. The summed E-state index contributed by atoms with van der Waals surface area (Å²) in [5.41, 5.74) is 0.296. The Hall–Kier alpha value is -2.01. The Morgan fingerprint density at radius 2 is 1.67 bits per heavy atom. The van der Waals surface area contributed by atoms with Gasteiger partial charge in [0.15, 0.2) is 0 Å². The van der Waals surface area contributed by atoms with E-state index in [-0.39, 0.29) is 5.75 Å². The second kappa shape index (κ2) is 6.63. The minimum absolute atomic E-state index is 0.172. The molecule has 2 aromatic rings. The monoisotopic (exact) mass is 295 g/mol. The van der Waals surface area contributed by atoms with Crippen molar-refractivity contribution in [2.75, 3.05) is 6.54 Å². The summed E-state index contributed by atoms with van der Waals surface area (Å²) in [7, 11) is 0. The maximum atomic E-state index is 12.6. The zero-order valence-corrected chi connectivity index (χ0v) is 11.6. The van der Waals surface area contributed by atoms with E-state index in [1.807, 2.05) is 25.1 Å². The second-order valence-electron chi connectivity index (χ2n) is 4.56. The van der Waals surface area contributed by atoms with Gasteiger partial charge in [0.1, 0.15) is 11.5 Å². The van der Waals surface area contributed by atoms with Crippen LogP contribution < -0.4 is 10.1 Å². The summed E-state index contributed by atoms with van der Waals surface area (Å²) < 4.78 is 43.4. The average molecular weight is 295 g/mol. The molecule has 0 aromatic heterocycles. The fourth-order valence-electron chi connectivity index (χ4n) is 1.86. The highest BCUT2D eigenvalue weighted by atomic mass is 19.4. The Morgan fingerprint density at radius 1 is 1.00 bits per heavy atom. The molecular formula is C16H16F3NO. The smallest absolute Gasteiger partial charge is 0.416 e. The Balaban J connectivity index is 2.14. The SMILES string of the molecule is CCNCc1cccc(Oc2cccc(C(F)(F)F)c2)c1. The van der Waals surface area contributed by atoms with E-state index in [2.05, 4.69) is 5.32 Å². The predicted molar refractivity (Wildman–Crippen MR) is 75.3 cm³/mol. The number of alkyl halides is 3. The molecule has 0 aliphatic carbocycles. The molecule has 0 radical (unpaired) electrons. The molecule has 112 valence electrons. The molecule has 0 saturated carbocycles. The molecule has 0 fully saturated rings. The Morgan fingerprint density at radius 3 is 2.33 bits per heavy atom. The molecule has 2 nitrogen and oxygen atoms in total. The Labute approximate surface area is 121 Å². The van der Waals surface area contributed by atoms with Gasteiger partial charge in [0.05, 0.1) is 5.56 Å². The number of hydrogen-bond donors (Lipinski definition) is 1. The molecule has 0 bridgehead atoms. The summed E-state index contributed by atoms with van der Waals surface area (Å²) >= 11 is 0. The number of hydrogen-bond acceptors (Lipinski definition) is 2. The molecule has 21 heavy (non-hydrogen) atoms. The first-order valence-corrected chi connectivity index (χ1v) is 6.64. The third-order valence-corrected chi connectivity index (χ3v) is 2.87. The van der Waals surface area contributed by atoms with E-state index < -0.39 is 11.7 Å². The molecule has 0 aliphatic heterocycles. The highest BCUT2D eigenvalue weighted by Crippen LogP contribution is 2.32. The van der Waals surface area contributed by atoms with Crippen LogP contribution in [-0.4, -0.2) is 6.54 Å². The van der Waals surface area contributed by atoms with E-state index in [9.17, 15) is 13.2 Å². The molecule has 2 rings (SSSR count). The number of ether oxygens (including phenoxy) is 1. The van der Waals surface area contributed by atoms with Gasteiger partial charge in [0, 0.05) is 6.54 Å². The fraction of sp³-hybridized carbons (Fsp3) is 0.250. The number of nitrogens with one attached hydrogen (secondary N) is 1. The maximum Gasteiger partial charge on any atom is 0.416 e. The van der Waals surface area contributed by atoms with Gasteiger partial charge in [0.25, 0.3) is 0 Å². The van der Waals surface area contributed by atoms with Crippen molar-refractivity contribution in [3.05, 3.63) is 59.7 Å². The van der Waals surface area contributed by atoms with Crippen LogP contribution in [0.1, 0.15) is 18.1 Å². The summed E-state index contributed by atoms with van der Waals surface area (Å²) in [5.74, 6) is 0.690. The first-order chi connectivity index (χ1) is 9.99. The molecule has 2 aromatic carbocycles. The normalized spacial score (nSPS) is 11.4. The van der Waals surface area contributed by atoms with E-state index in [1.54, 1.807) is 6.07 Å². The first kappa shape index (κ1) is 15.4. The molecule has 0 atom stereocenters. The molecule has 0 unspecified atom stereocenters. The Kier molecular flexibility index (Phi) is 4.85. The van der Waals surface area contributed by atoms with Crippen molar-refractivity contribution in [1.29, 1.82) is 0 Å². The van der Waals surface area contributed by atoms with E-state index in [1.165, 1.54) is 12.1 Å². The summed E-state index contributed by atoms with van der Waals surface area (Å²) in [5, 5.41) is 3.18. The van der Waals surface area contributed by atoms with Crippen molar-refractivity contribution in [3.63, 3.8) is 0 Å². The van der Waals surface area contributed by atoms with Gasteiger partial charge in [-0.1, -0.05) is 25.1 Å². The predicted octanol–water partition coefficient (Wildman–Crippen LogP) is 4.61. The number of rotatable bonds is 5. The van der Waals surface area contributed by atoms with Crippen LogP contribution >= 0.6 is 0 Å². The number of benzene rings is 2. The van der Waals surface area contributed by atoms with E-state index in [0.29, 0.717) is 12.3 Å². The van der Waals surface area contributed by atoms with Gasteiger partial charge in [-0.2, -0.15) is 13.2 Å². The van der Waals surface area contributed by atoms with Gasteiger partial charge in [-0.3, -0.25) is 0 Å². The van der Waals surface area contributed by atoms with Crippen molar-refractivity contribution in [3.8, 4) is 11.5 Å². The van der Waals surface area contributed by atoms with Crippen molar-refractivity contribution >= 4 is 0 Å². The van der Waals surface area contributed by atoms with Crippen LogP contribution in [0.3, 0.4) is 0 Å². The minimum Gasteiger partial charge on any atom is -0.457 e. The summed E-state index contributed by atoms with van der Waals surface area (Å²) in [6.07, 6.45) is -4.37. The topological polar surface area (TPSA) is 21.3 Å². The van der Waals surface area contributed by atoms with Gasteiger partial charge in [-0.15, -0.1) is 0 Å². The van der Waals surface area contributed by atoms with E-state index in [4.69, 9.17) is 4.74 Å². The van der Waals surface area contributed by atoms with Crippen molar-refractivity contribution in [1.82, 2.24) is 5.32 Å².